The van der Waals surface area contributed by atoms with Crippen molar-refractivity contribution in [3.8, 4) is 5.75 Å². The molecule has 160 valence electrons. The molecule has 0 radical (unpaired) electrons. The Labute approximate surface area is 189 Å². The largest absolute Gasteiger partial charge is 0.507 e. The third-order valence-electron chi connectivity index (χ3n) is 4.30. The van der Waals surface area contributed by atoms with E-state index in [1.54, 1.807) is 54.6 Å². The average molecular weight is 502 g/mol. The highest BCUT2D eigenvalue weighted by Gasteiger charge is 2.26. The highest BCUT2D eigenvalue weighted by Crippen LogP contribution is 2.20. The first-order valence-electron chi connectivity index (χ1n) is 9.26. The fraction of sp³-hybridized carbons (Fsp3) is 0.0909. The minimum absolute atomic E-state index is 0.0176. The number of rotatable bonds is 8. The second-order valence-electron chi connectivity index (χ2n) is 6.56. The molecule has 3 aromatic rings. The summed E-state index contributed by atoms with van der Waals surface area (Å²) in [6.45, 7) is -0.402. The van der Waals surface area contributed by atoms with Gasteiger partial charge in [0.1, 0.15) is 5.75 Å². The van der Waals surface area contributed by atoms with Gasteiger partial charge in [0.2, 0.25) is 10.0 Å². The molecule has 0 aromatic heterocycles. The second kappa shape index (κ2) is 10.3. The number of hydrogen-bond donors (Lipinski definition) is 2. The number of halogens is 1. The smallest absolute Gasteiger partial charge is 0.255 e. The molecule has 0 bridgehead atoms. The van der Waals surface area contributed by atoms with Gasteiger partial charge in [0.05, 0.1) is 17.7 Å². The summed E-state index contributed by atoms with van der Waals surface area (Å²) in [5, 5.41) is 13.6. The summed E-state index contributed by atoms with van der Waals surface area (Å²) in [5.41, 5.74) is 3.48. The van der Waals surface area contributed by atoms with Crippen molar-refractivity contribution >= 4 is 38.1 Å². The predicted octanol–water partition coefficient (Wildman–Crippen LogP) is 3.50. The molecule has 0 atom stereocenters. The first kappa shape index (κ1) is 22.7. The summed E-state index contributed by atoms with van der Waals surface area (Å²) in [4.78, 5) is 12.5. The number of aromatic hydroxyl groups is 1. The number of phenolic OH excluding ortho intramolecular Hbond substituents is 1. The summed E-state index contributed by atoms with van der Waals surface area (Å²) < 4.78 is 28.2. The highest BCUT2D eigenvalue weighted by atomic mass is 79.9. The lowest BCUT2D eigenvalue weighted by atomic mass is 10.2. The van der Waals surface area contributed by atoms with Gasteiger partial charge in [0, 0.05) is 16.6 Å². The number of benzene rings is 3. The van der Waals surface area contributed by atoms with Crippen molar-refractivity contribution in [2.45, 2.75) is 11.4 Å². The van der Waals surface area contributed by atoms with Gasteiger partial charge < -0.3 is 5.11 Å². The van der Waals surface area contributed by atoms with Crippen molar-refractivity contribution in [3.63, 3.8) is 0 Å². The van der Waals surface area contributed by atoms with E-state index in [0.717, 1.165) is 14.3 Å². The zero-order chi connectivity index (χ0) is 22.3. The van der Waals surface area contributed by atoms with Crippen LogP contribution in [0.5, 0.6) is 5.75 Å². The lowest BCUT2D eigenvalue weighted by Crippen LogP contribution is -2.39. The molecule has 0 saturated heterocycles. The molecule has 7 nitrogen and oxygen atoms in total. The molecule has 2 N–H and O–H groups in total. The van der Waals surface area contributed by atoms with E-state index < -0.39 is 22.5 Å². The molecular formula is C22H20BrN3O4S. The van der Waals surface area contributed by atoms with Crippen LogP contribution in [0.3, 0.4) is 0 Å². The minimum atomic E-state index is -3.94. The van der Waals surface area contributed by atoms with Crippen LogP contribution in [0.2, 0.25) is 0 Å². The van der Waals surface area contributed by atoms with Crippen LogP contribution in [0.4, 0.5) is 0 Å². The standard InChI is InChI=1S/C22H20BrN3O4S/c23-19-10-12-20(13-11-19)31(29,30)26(15-17-6-2-1-3-7-17)16-22(28)25-24-14-18-8-4-5-9-21(18)27/h1-14,27H,15-16H2,(H,25,28)/b24-14-. The molecule has 3 rings (SSSR count). The van der Waals surface area contributed by atoms with Crippen molar-refractivity contribution in [1.29, 1.82) is 0 Å². The van der Waals surface area contributed by atoms with E-state index in [1.165, 1.54) is 24.4 Å². The Hall–Kier alpha value is -3.01. The first-order chi connectivity index (χ1) is 14.9. The van der Waals surface area contributed by atoms with Gasteiger partial charge >= 0.3 is 0 Å². The van der Waals surface area contributed by atoms with Crippen LogP contribution in [-0.4, -0.2) is 36.5 Å². The minimum Gasteiger partial charge on any atom is -0.507 e. The number of nitrogens with one attached hydrogen (secondary N) is 1. The average Bonchev–Trinajstić information content (AvgIpc) is 2.76. The quantitative estimate of drug-likeness (QED) is 0.364. The van der Waals surface area contributed by atoms with E-state index in [-0.39, 0.29) is 17.2 Å². The molecule has 0 heterocycles. The number of amides is 1. The Morgan fingerprint density at radius 2 is 1.65 bits per heavy atom. The maximum atomic E-state index is 13.2. The molecule has 0 saturated carbocycles. The zero-order valence-electron chi connectivity index (χ0n) is 16.3. The zero-order valence-corrected chi connectivity index (χ0v) is 18.8. The topological polar surface area (TPSA) is 99.1 Å². The van der Waals surface area contributed by atoms with Crippen molar-refractivity contribution in [2.75, 3.05) is 6.54 Å². The van der Waals surface area contributed by atoms with Crippen LogP contribution in [0.25, 0.3) is 0 Å². The summed E-state index contributed by atoms with van der Waals surface area (Å²) in [6, 6.07) is 21.7. The lowest BCUT2D eigenvalue weighted by Gasteiger charge is -2.21. The van der Waals surface area contributed by atoms with Crippen molar-refractivity contribution in [3.05, 3.63) is 94.5 Å². The molecule has 0 aliphatic heterocycles. The third kappa shape index (κ3) is 6.24. The molecule has 31 heavy (non-hydrogen) atoms. The number of hydrazone groups is 1. The van der Waals surface area contributed by atoms with Gasteiger partial charge in [-0.1, -0.05) is 58.4 Å². The van der Waals surface area contributed by atoms with E-state index in [0.29, 0.717) is 5.56 Å². The van der Waals surface area contributed by atoms with E-state index in [1.807, 2.05) is 6.07 Å². The molecule has 0 unspecified atom stereocenters. The maximum absolute atomic E-state index is 13.2. The van der Waals surface area contributed by atoms with E-state index >= 15 is 0 Å². The van der Waals surface area contributed by atoms with Gasteiger partial charge in [-0.3, -0.25) is 4.79 Å². The molecular weight excluding hydrogens is 482 g/mol. The number of phenols is 1. The summed E-state index contributed by atoms with van der Waals surface area (Å²) in [6.07, 6.45) is 1.29. The second-order valence-corrected chi connectivity index (χ2v) is 9.42. The Morgan fingerprint density at radius 3 is 2.32 bits per heavy atom. The van der Waals surface area contributed by atoms with Gasteiger partial charge in [-0.25, -0.2) is 13.8 Å². The van der Waals surface area contributed by atoms with Crippen molar-refractivity contribution in [1.82, 2.24) is 9.73 Å². The van der Waals surface area contributed by atoms with Gasteiger partial charge in [-0.15, -0.1) is 0 Å². The summed E-state index contributed by atoms with van der Waals surface area (Å²) in [5.74, 6) is -0.590. The summed E-state index contributed by atoms with van der Waals surface area (Å²) in [7, 11) is -3.94. The Morgan fingerprint density at radius 1 is 1.00 bits per heavy atom. The monoisotopic (exact) mass is 501 g/mol. The Kier molecular flexibility index (Phi) is 7.56. The van der Waals surface area contributed by atoms with Crippen LogP contribution in [0.1, 0.15) is 11.1 Å². The predicted molar refractivity (Wildman–Crippen MR) is 122 cm³/mol. The molecule has 3 aromatic carbocycles. The molecule has 0 aliphatic carbocycles. The fourth-order valence-corrected chi connectivity index (χ4v) is 4.38. The van der Waals surface area contributed by atoms with Gasteiger partial charge in [0.25, 0.3) is 5.91 Å². The third-order valence-corrected chi connectivity index (χ3v) is 6.64. The number of nitrogens with zero attached hydrogens (tertiary/aromatic N) is 2. The SMILES string of the molecule is O=C(CN(Cc1ccccc1)S(=O)(=O)c1ccc(Br)cc1)N/N=C\c1ccccc1O. The van der Waals surface area contributed by atoms with Crippen molar-refractivity contribution < 1.29 is 18.3 Å². The van der Waals surface area contributed by atoms with Gasteiger partial charge in [0.15, 0.2) is 0 Å². The van der Waals surface area contributed by atoms with Crippen LogP contribution >= 0.6 is 15.9 Å². The Bertz CT molecular complexity index is 1170. The van der Waals surface area contributed by atoms with E-state index in [4.69, 9.17) is 0 Å². The van der Waals surface area contributed by atoms with E-state index in [9.17, 15) is 18.3 Å². The maximum Gasteiger partial charge on any atom is 0.255 e. The molecule has 9 heteroatoms. The normalized spacial score (nSPS) is 11.7. The van der Waals surface area contributed by atoms with Gasteiger partial charge in [-0.2, -0.15) is 9.41 Å². The molecule has 0 fully saturated rings. The first-order valence-corrected chi connectivity index (χ1v) is 11.5. The molecule has 0 aliphatic rings. The van der Waals surface area contributed by atoms with Crippen LogP contribution in [0, 0.1) is 0 Å². The Balaban J connectivity index is 1.78. The van der Waals surface area contributed by atoms with E-state index in [2.05, 4.69) is 26.5 Å². The number of para-hydroxylation sites is 1. The fourth-order valence-electron chi connectivity index (χ4n) is 2.73. The molecule has 0 spiro atoms. The van der Waals surface area contributed by atoms with Crippen LogP contribution < -0.4 is 5.43 Å². The van der Waals surface area contributed by atoms with Crippen LogP contribution in [0.15, 0.2) is 93.3 Å². The number of carbonyl (C=O) groups is 1. The summed E-state index contributed by atoms with van der Waals surface area (Å²) >= 11 is 3.29. The number of sulfonamides is 1. The lowest BCUT2D eigenvalue weighted by molar-refractivity contribution is -0.121. The van der Waals surface area contributed by atoms with Crippen LogP contribution in [-0.2, 0) is 21.4 Å². The van der Waals surface area contributed by atoms with Gasteiger partial charge in [-0.05, 0) is 42.0 Å². The number of carbonyl (C=O) groups excluding carboxylic acids is 1. The molecule has 1 amide bonds. The highest BCUT2D eigenvalue weighted by molar-refractivity contribution is 9.10. The number of hydrogen-bond acceptors (Lipinski definition) is 5. The van der Waals surface area contributed by atoms with Crippen molar-refractivity contribution in [2.24, 2.45) is 5.10 Å².